The molecule has 2 aromatic heterocycles. The molecule has 6 rings (SSSR count). The molecule has 1 unspecified atom stereocenters. The summed E-state index contributed by atoms with van der Waals surface area (Å²) in [5.74, 6) is -5.45. The van der Waals surface area contributed by atoms with Gasteiger partial charge in [0, 0.05) is 47.3 Å². The topological polar surface area (TPSA) is 201 Å². The van der Waals surface area contributed by atoms with E-state index in [9.17, 15) is 24.6 Å². The van der Waals surface area contributed by atoms with E-state index < -0.39 is 89.3 Å². The Morgan fingerprint density at radius 1 is 1.03 bits per heavy atom. The molecule has 330 valence electrons. The van der Waals surface area contributed by atoms with Crippen molar-refractivity contribution in [3.8, 4) is 10.6 Å². The van der Waals surface area contributed by atoms with Gasteiger partial charge in [0.1, 0.15) is 29.4 Å². The van der Waals surface area contributed by atoms with Crippen LogP contribution >= 0.6 is 11.3 Å². The van der Waals surface area contributed by atoms with Gasteiger partial charge in [0.25, 0.3) is 5.91 Å². The summed E-state index contributed by atoms with van der Waals surface area (Å²) < 4.78 is 32.5. The second-order valence-corrected chi connectivity index (χ2v) is 18.7. The van der Waals surface area contributed by atoms with Gasteiger partial charge in [0.2, 0.25) is 6.10 Å². The number of oxime groups is 1. The molecule has 0 aliphatic carbocycles. The summed E-state index contributed by atoms with van der Waals surface area (Å²) in [6.45, 7) is 13.5. The summed E-state index contributed by atoms with van der Waals surface area (Å²) >= 11 is 1.45. The minimum Gasteiger partial charge on any atom is -0.459 e. The molecule has 3 fully saturated rings. The number of carbonyl (C=O) groups is 3. The number of amides is 1. The summed E-state index contributed by atoms with van der Waals surface area (Å²) in [6.07, 6.45) is -1.10. The van der Waals surface area contributed by atoms with Crippen LogP contribution in [0.2, 0.25) is 0 Å². The predicted octanol–water partition coefficient (Wildman–Crippen LogP) is 4.05. The van der Waals surface area contributed by atoms with Gasteiger partial charge in [-0.15, -0.1) is 11.3 Å². The van der Waals surface area contributed by atoms with Crippen LogP contribution in [0.25, 0.3) is 10.6 Å². The van der Waals surface area contributed by atoms with Crippen molar-refractivity contribution in [2.24, 2.45) is 33.8 Å². The van der Waals surface area contributed by atoms with Gasteiger partial charge in [-0.2, -0.15) is 0 Å². The fourth-order valence-corrected chi connectivity index (χ4v) is 10.2. The molecule has 3 saturated heterocycles. The van der Waals surface area contributed by atoms with Crippen molar-refractivity contribution in [2.75, 3.05) is 27.3 Å². The van der Waals surface area contributed by atoms with Gasteiger partial charge in [-0.25, -0.2) is 4.99 Å². The maximum Gasteiger partial charge on any atom is 0.316 e. The number of cyclic esters (lactones) is 1. The van der Waals surface area contributed by atoms with E-state index in [1.54, 1.807) is 39.4 Å². The quantitative estimate of drug-likeness (QED) is 0.299. The van der Waals surface area contributed by atoms with Crippen LogP contribution in [0.3, 0.4) is 0 Å². The summed E-state index contributed by atoms with van der Waals surface area (Å²) in [5, 5.41) is 28.6. The Morgan fingerprint density at radius 3 is 2.47 bits per heavy atom. The normalized spacial score (nSPS) is 39.5. The molecular formula is C43H61N5O11S. The van der Waals surface area contributed by atoms with Crippen molar-refractivity contribution in [1.82, 2.24) is 14.9 Å². The summed E-state index contributed by atoms with van der Waals surface area (Å²) in [5.41, 5.74) is -1.88. The molecule has 2 aromatic rings. The van der Waals surface area contributed by atoms with Gasteiger partial charge in [-0.3, -0.25) is 24.4 Å². The number of ether oxygens (including phenoxy) is 5. The Kier molecular flexibility index (Phi) is 14.4. The van der Waals surface area contributed by atoms with Gasteiger partial charge >= 0.3 is 5.97 Å². The SMILES string of the molecule is CC[C@H]1OC(=O)[C@H](C)C(=O)[C@H](C)[C@@H](O[C@@H]2O[C@H](C)C[C@H](N(C)C)[C@H]2O)[C@@]2(C)C[C@@H](C)C3=NC(=O)C(Cc4ccc(-c5cnccn5)s4)O/N=C(\CO[C@@H]([C@@H]3C)[C@]1(C)O)CO2. The largest absolute Gasteiger partial charge is 0.459 e. The van der Waals surface area contributed by atoms with E-state index in [2.05, 4.69) is 15.1 Å². The van der Waals surface area contributed by atoms with Crippen molar-refractivity contribution in [2.45, 2.75) is 141 Å². The number of carbonyl (C=O) groups excluding carboxylic acids is 3. The van der Waals surface area contributed by atoms with E-state index in [-0.39, 0.29) is 50.3 Å². The molecule has 1 amide bonds. The van der Waals surface area contributed by atoms with Gasteiger partial charge in [-0.1, -0.05) is 32.9 Å². The number of esters is 1. The molecule has 14 atom stereocenters. The molecule has 17 heteroatoms. The Balaban J connectivity index is 1.48. The first-order chi connectivity index (χ1) is 28.3. The molecular weight excluding hydrogens is 795 g/mol. The number of aliphatic imine (C=N–C) groups is 1. The van der Waals surface area contributed by atoms with Crippen LogP contribution in [0.1, 0.15) is 79.5 Å². The van der Waals surface area contributed by atoms with Crippen molar-refractivity contribution in [3.63, 3.8) is 0 Å². The number of aliphatic hydroxyl groups excluding tert-OH is 1. The molecule has 0 saturated carbocycles. The molecule has 0 aromatic carbocycles. The van der Waals surface area contributed by atoms with Crippen LogP contribution in [-0.2, 0) is 49.3 Å². The first kappa shape index (κ1) is 46.0. The lowest BCUT2D eigenvalue weighted by Crippen LogP contribution is -2.60. The fourth-order valence-electron chi connectivity index (χ4n) is 9.17. The van der Waals surface area contributed by atoms with Crippen LogP contribution in [0.5, 0.6) is 0 Å². The molecule has 6 heterocycles. The Labute approximate surface area is 356 Å². The number of aromatic nitrogens is 2. The summed E-state index contributed by atoms with van der Waals surface area (Å²) in [6, 6.07) is 3.50. The zero-order chi connectivity index (χ0) is 43.7. The van der Waals surface area contributed by atoms with E-state index in [0.717, 1.165) is 9.75 Å². The van der Waals surface area contributed by atoms with Crippen molar-refractivity contribution in [3.05, 3.63) is 35.6 Å². The number of rotatable bonds is 7. The van der Waals surface area contributed by atoms with E-state index >= 15 is 0 Å². The molecule has 4 aliphatic heterocycles. The number of hydrogen-bond acceptors (Lipinski definition) is 16. The smallest absolute Gasteiger partial charge is 0.316 e. The number of likely N-dealkylation sites (N-methyl/N-ethyl adjacent to an activating group) is 1. The number of thiophene rings is 1. The molecule has 60 heavy (non-hydrogen) atoms. The van der Waals surface area contributed by atoms with Gasteiger partial charge < -0.3 is 43.6 Å². The highest BCUT2D eigenvalue weighted by atomic mass is 32.1. The first-order valence-electron chi connectivity index (χ1n) is 20.9. The van der Waals surface area contributed by atoms with Crippen LogP contribution in [0.15, 0.2) is 40.9 Å². The van der Waals surface area contributed by atoms with E-state index in [1.165, 1.54) is 25.2 Å². The molecule has 2 N–H and O–H groups in total. The number of Topliss-reactive ketones (excluding diaryl/α,β-unsaturated/α-hetero) is 1. The van der Waals surface area contributed by atoms with Gasteiger partial charge in [0.15, 0.2) is 12.1 Å². The minimum absolute atomic E-state index is 0.150. The van der Waals surface area contributed by atoms with Crippen LogP contribution in [-0.4, -0.2) is 142 Å². The highest BCUT2D eigenvalue weighted by Crippen LogP contribution is 2.40. The summed E-state index contributed by atoms with van der Waals surface area (Å²) in [7, 11) is 3.74. The Morgan fingerprint density at radius 2 is 1.78 bits per heavy atom. The lowest BCUT2D eigenvalue weighted by atomic mass is 9.73. The monoisotopic (exact) mass is 855 g/mol. The molecule has 16 nitrogen and oxygen atoms in total. The number of fused-ring (bicyclic) bond motifs is 4. The maximum absolute atomic E-state index is 14.5. The lowest BCUT2D eigenvalue weighted by Gasteiger charge is -2.47. The highest BCUT2D eigenvalue weighted by Gasteiger charge is 2.53. The second-order valence-electron chi connectivity index (χ2n) is 17.5. The van der Waals surface area contributed by atoms with E-state index in [4.69, 9.17) is 33.5 Å². The third kappa shape index (κ3) is 9.73. The van der Waals surface area contributed by atoms with Crippen LogP contribution in [0.4, 0.5) is 0 Å². The number of ketones is 1. The number of aliphatic hydroxyl groups is 2. The zero-order valence-corrected chi connectivity index (χ0v) is 37.1. The van der Waals surface area contributed by atoms with E-state index in [0.29, 0.717) is 17.8 Å². The fraction of sp³-hybridized carbons (Fsp3) is 0.698. The second kappa shape index (κ2) is 18.8. The average molecular weight is 856 g/mol. The number of hydrogen-bond donors (Lipinski definition) is 2. The average Bonchev–Trinajstić information content (AvgIpc) is 3.67. The summed E-state index contributed by atoms with van der Waals surface area (Å²) in [4.78, 5) is 65.9. The highest BCUT2D eigenvalue weighted by molar-refractivity contribution is 7.15. The van der Waals surface area contributed by atoms with Crippen LogP contribution < -0.4 is 0 Å². The first-order valence-corrected chi connectivity index (χ1v) is 21.7. The Hall–Kier alpha value is -3.55. The van der Waals surface area contributed by atoms with Crippen molar-refractivity contribution < 1.29 is 53.1 Å². The third-order valence-corrected chi connectivity index (χ3v) is 13.7. The molecule has 0 radical (unpaired) electrons. The predicted molar refractivity (Wildman–Crippen MR) is 222 cm³/mol. The van der Waals surface area contributed by atoms with Gasteiger partial charge in [-0.05, 0) is 79.1 Å². The lowest BCUT2D eigenvalue weighted by molar-refractivity contribution is -0.296. The Bertz CT molecular complexity index is 1910. The van der Waals surface area contributed by atoms with Crippen LogP contribution in [0, 0.1) is 23.7 Å². The maximum atomic E-state index is 14.5. The third-order valence-electron chi connectivity index (χ3n) is 12.5. The standard InChI is InChI=1S/C43H61N5O11S/c1-11-33-43(8,53)38-24(4)34-22(2)18-42(7,37(25(5)35(49)26(6)40(52)57-33)58-41-36(50)30(48(9)10)16-23(3)56-41)55-21-27(20-54-38)47-59-31(39(51)46-34)17-28-12-13-32(60-28)29-19-44-14-15-45-29/h12-15,19,22-26,30-31,33,36-38,41,50,53H,11,16-18,20-21H2,1-10H3/b46-34?,47-27+/t22-,23-,24-,25+,26-,30+,31?,33-,36-,37-,38+,41+,42-,43-/m1/s1. The van der Waals surface area contributed by atoms with E-state index in [1.807, 2.05) is 51.9 Å². The molecule has 0 spiro atoms. The number of nitrogens with zero attached hydrogens (tertiary/aromatic N) is 5. The zero-order valence-electron chi connectivity index (χ0n) is 36.3. The van der Waals surface area contributed by atoms with Gasteiger partial charge in [0.05, 0.1) is 53.9 Å². The molecule has 4 aliphatic rings. The minimum atomic E-state index is -1.84. The molecule has 4 bridgehead atoms. The van der Waals surface area contributed by atoms with Crippen molar-refractivity contribution >= 4 is 40.4 Å². The van der Waals surface area contributed by atoms with Crippen molar-refractivity contribution in [1.29, 1.82) is 0 Å².